The minimum absolute atomic E-state index is 0.0841. The number of amides is 1. The molecule has 1 amide bonds. The van der Waals surface area contributed by atoms with Crippen LogP contribution < -0.4 is 5.32 Å². The Morgan fingerprint density at radius 3 is 2.50 bits per heavy atom. The van der Waals surface area contributed by atoms with Crippen molar-refractivity contribution in [3.05, 3.63) is 53.2 Å². The van der Waals surface area contributed by atoms with E-state index >= 15 is 0 Å². The van der Waals surface area contributed by atoms with Gasteiger partial charge in [0.1, 0.15) is 16.7 Å². The fourth-order valence-electron chi connectivity index (χ4n) is 2.15. The van der Waals surface area contributed by atoms with Crippen LogP contribution in [0.25, 0.3) is 0 Å². The first kappa shape index (κ1) is 18.4. The average molecular weight is 347 g/mol. The number of carbonyl (C=O) groups is 1. The van der Waals surface area contributed by atoms with Crippen LogP contribution in [0.4, 0.5) is 4.39 Å². The molecule has 4 nitrogen and oxygen atoms in total. The lowest BCUT2D eigenvalue weighted by molar-refractivity contribution is -0.119. The first-order valence-corrected chi connectivity index (χ1v) is 8.87. The van der Waals surface area contributed by atoms with Crippen LogP contribution >= 0.6 is 11.8 Å². The normalized spacial score (nSPS) is 12.2. The highest BCUT2D eigenvalue weighted by molar-refractivity contribution is 7.99. The van der Waals surface area contributed by atoms with Crippen LogP contribution in [-0.2, 0) is 4.79 Å². The van der Waals surface area contributed by atoms with Crippen molar-refractivity contribution in [3.8, 4) is 0 Å². The number of nitrogens with zero attached hydrogens (tertiary/aromatic N) is 2. The third kappa shape index (κ3) is 5.30. The zero-order valence-electron chi connectivity index (χ0n) is 14.3. The molecule has 0 aliphatic carbocycles. The lowest BCUT2D eigenvalue weighted by Gasteiger charge is -2.14. The van der Waals surface area contributed by atoms with Crippen molar-refractivity contribution >= 4 is 17.7 Å². The fraction of sp³-hybridized carbons (Fsp3) is 0.389. The van der Waals surface area contributed by atoms with Gasteiger partial charge in [-0.25, -0.2) is 14.4 Å². The van der Waals surface area contributed by atoms with Gasteiger partial charge in [-0.15, -0.1) is 0 Å². The molecule has 0 bridgehead atoms. The third-order valence-electron chi connectivity index (χ3n) is 3.46. The molecule has 0 saturated heterocycles. The van der Waals surface area contributed by atoms with Crippen molar-refractivity contribution in [2.24, 2.45) is 0 Å². The number of aromatic nitrogens is 2. The summed E-state index contributed by atoms with van der Waals surface area (Å²) in [5.41, 5.74) is 1.77. The predicted molar refractivity (Wildman–Crippen MR) is 94.5 cm³/mol. The van der Waals surface area contributed by atoms with Crippen LogP contribution in [0.5, 0.6) is 0 Å². The summed E-state index contributed by atoms with van der Waals surface area (Å²) in [6.45, 7) is 7.89. The van der Waals surface area contributed by atoms with E-state index in [0.717, 1.165) is 22.1 Å². The van der Waals surface area contributed by atoms with Crippen LogP contribution in [0.3, 0.4) is 0 Å². The van der Waals surface area contributed by atoms with Crippen LogP contribution in [-0.4, -0.2) is 21.6 Å². The smallest absolute Gasteiger partial charge is 0.230 e. The second-order valence-corrected chi connectivity index (χ2v) is 6.99. The standard InChI is InChI=1S/C18H22FN3OS/c1-11(2)18-20-12(3)9-17(22-18)24-10-16(23)21-13(4)14-5-7-15(19)8-6-14/h5-9,11,13H,10H2,1-4H3,(H,21,23). The molecule has 0 saturated carbocycles. The average Bonchev–Trinajstić information content (AvgIpc) is 2.53. The van der Waals surface area contributed by atoms with Gasteiger partial charge in [0, 0.05) is 11.6 Å². The molecule has 0 aliphatic heterocycles. The summed E-state index contributed by atoms with van der Waals surface area (Å²) in [7, 11) is 0. The molecule has 24 heavy (non-hydrogen) atoms. The van der Waals surface area contributed by atoms with Gasteiger partial charge in [-0.3, -0.25) is 4.79 Å². The SMILES string of the molecule is Cc1cc(SCC(=O)NC(C)c2ccc(F)cc2)nc(C(C)C)n1. The Bertz CT molecular complexity index is 704. The molecule has 1 heterocycles. The monoisotopic (exact) mass is 347 g/mol. The van der Waals surface area contributed by atoms with Crippen molar-refractivity contribution in [1.82, 2.24) is 15.3 Å². The Kier molecular flexibility index (Phi) is 6.31. The van der Waals surface area contributed by atoms with Gasteiger partial charge in [-0.2, -0.15) is 0 Å². The largest absolute Gasteiger partial charge is 0.349 e. The van der Waals surface area contributed by atoms with E-state index in [4.69, 9.17) is 0 Å². The molecule has 0 aliphatic rings. The Hall–Kier alpha value is -1.95. The number of nitrogens with one attached hydrogen (secondary N) is 1. The number of rotatable bonds is 6. The highest BCUT2D eigenvalue weighted by atomic mass is 32.2. The minimum Gasteiger partial charge on any atom is -0.349 e. The molecule has 1 N–H and O–H groups in total. The second kappa shape index (κ2) is 8.24. The quantitative estimate of drug-likeness (QED) is 0.633. The highest BCUT2D eigenvalue weighted by Crippen LogP contribution is 2.20. The van der Waals surface area contributed by atoms with Crippen molar-refractivity contribution in [1.29, 1.82) is 0 Å². The second-order valence-electron chi connectivity index (χ2n) is 5.99. The molecule has 0 spiro atoms. The van der Waals surface area contributed by atoms with E-state index in [2.05, 4.69) is 15.3 Å². The maximum Gasteiger partial charge on any atom is 0.230 e. The molecule has 1 aromatic carbocycles. The zero-order chi connectivity index (χ0) is 17.7. The number of thioether (sulfide) groups is 1. The first-order chi connectivity index (χ1) is 11.3. The van der Waals surface area contributed by atoms with Gasteiger partial charge < -0.3 is 5.32 Å². The van der Waals surface area contributed by atoms with Gasteiger partial charge in [0.05, 0.1) is 11.8 Å². The summed E-state index contributed by atoms with van der Waals surface area (Å²) in [4.78, 5) is 21.0. The van der Waals surface area contributed by atoms with Crippen molar-refractivity contribution < 1.29 is 9.18 Å². The maximum atomic E-state index is 12.9. The summed E-state index contributed by atoms with van der Waals surface area (Å²) in [6.07, 6.45) is 0. The summed E-state index contributed by atoms with van der Waals surface area (Å²) in [5.74, 6) is 0.945. The number of carbonyl (C=O) groups excluding carboxylic acids is 1. The number of aryl methyl sites for hydroxylation is 1. The molecule has 0 radical (unpaired) electrons. The van der Waals surface area contributed by atoms with Gasteiger partial charge in [-0.1, -0.05) is 37.7 Å². The zero-order valence-corrected chi connectivity index (χ0v) is 15.2. The maximum absolute atomic E-state index is 12.9. The number of hydrogen-bond acceptors (Lipinski definition) is 4. The van der Waals surface area contributed by atoms with Crippen molar-refractivity contribution in [2.45, 2.75) is 44.7 Å². The molecular weight excluding hydrogens is 325 g/mol. The molecule has 1 aromatic heterocycles. The summed E-state index contributed by atoms with van der Waals surface area (Å²) in [5, 5.41) is 3.71. The summed E-state index contributed by atoms with van der Waals surface area (Å²) >= 11 is 1.39. The number of halogens is 1. The fourth-order valence-corrected chi connectivity index (χ4v) is 2.93. The topological polar surface area (TPSA) is 54.9 Å². The summed E-state index contributed by atoms with van der Waals surface area (Å²) < 4.78 is 12.9. The first-order valence-electron chi connectivity index (χ1n) is 7.88. The highest BCUT2D eigenvalue weighted by Gasteiger charge is 2.12. The Labute approximate surface area is 146 Å². The van der Waals surface area contributed by atoms with E-state index < -0.39 is 0 Å². The van der Waals surface area contributed by atoms with E-state index in [1.165, 1.54) is 23.9 Å². The molecule has 1 unspecified atom stereocenters. The Morgan fingerprint density at radius 1 is 1.21 bits per heavy atom. The predicted octanol–water partition coefficient (Wildman–Crippen LogP) is 4.02. The van der Waals surface area contributed by atoms with Crippen LogP contribution in [0.2, 0.25) is 0 Å². The van der Waals surface area contributed by atoms with E-state index in [1.54, 1.807) is 12.1 Å². The molecule has 2 aromatic rings. The Morgan fingerprint density at radius 2 is 1.88 bits per heavy atom. The molecule has 6 heteroatoms. The number of hydrogen-bond donors (Lipinski definition) is 1. The van der Waals surface area contributed by atoms with E-state index in [-0.39, 0.29) is 29.4 Å². The van der Waals surface area contributed by atoms with Gasteiger partial charge in [0.15, 0.2) is 0 Å². The van der Waals surface area contributed by atoms with E-state index in [0.29, 0.717) is 0 Å². The van der Waals surface area contributed by atoms with Crippen LogP contribution in [0.1, 0.15) is 49.8 Å². The van der Waals surface area contributed by atoms with Gasteiger partial charge >= 0.3 is 0 Å². The van der Waals surface area contributed by atoms with Crippen molar-refractivity contribution in [2.75, 3.05) is 5.75 Å². The van der Waals surface area contributed by atoms with Crippen LogP contribution in [0.15, 0.2) is 35.4 Å². The summed E-state index contributed by atoms with van der Waals surface area (Å²) in [6, 6.07) is 7.85. The van der Waals surface area contributed by atoms with Crippen LogP contribution in [0, 0.1) is 12.7 Å². The van der Waals surface area contributed by atoms with Gasteiger partial charge in [0.25, 0.3) is 0 Å². The molecular formula is C18H22FN3OS. The van der Waals surface area contributed by atoms with E-state index in [9.17, 15) is 9.18 Å². The molecule has 0 fully saturated rings. The van der Waals surface area contributed by atoms with Crippen molar-refractivity contribution in [3.63, 3.8) is 0 Å². The lowest BCUT2D eigenvalue weighted by atomic mass is 10.1. The number of benzene rings is 1. The van der Waals surface area contributed by atoms with Gasteiger partial charge in [-0.05, 0) is 37.6 Å². The molecule has 128 valence electrons. The van der Waals surface area contributed by atoms with Gasteiger partial charge in [0.2, 0.25) is 5.91 Å². The third-order valence-corrected chi connectivity index (χ3v) is 4.37. The Balaban J connectivity index is 1.92. The molecule has 1 atom stereocenters. The lowest BCUT2D eigenvalue weighted by Crippen LogP contribution is -2.28. The van der Waals surface area contributed by atoms with E-state index in [1.807, 2.05) is 33.8 Å². The molecule has 2 rings (SSSR count). The minimum atomic E-state index is -0.284.